The van der Waals surface area contributed by atoms with E-state index in [1.807, 2.05) is 0 Å². The van der Waals surface area contributed by atoms with Crippen LogP contribution in [-0.4, -0.2) is 25.8 Å². The third kappa shape index (κ3) is 2.50. The van der Waals surface area contributed by atoms with Crippen LogP contribution in [0.4, 0.5) is 0 Å². The van der Waals surface area contributed by atoms with Gasteiger partial charge in [-0.25, -0.2) is 5.26 Å². The fourth-order valence-corrected chi connectivity index (χ4v) is 1.49. The van der Waals surface area contributed by atoms with Crippen molar-refractivity contribution in [3.63, 3.8) is 0 Å². The average Bonchev–Trinajstić information content (AvgIpc) is 2.31. The van der Waals surface area contributed by atoms with Gasteiger partial charge in [0.2, 0.25) is 5.75 Å². The molecule has 1 N–H and O–H groups in total. The monoisotopic (exact) mass is 226 g/mol. The molecule has 0 fully saturated rings. The molecule has 0 radical (unpaired) electrons. The first-order chi connectivity index (χ1) is 7.78. The zero-order valence-corrected chi connectivity index (χ0v) is 9.23. The highest BCUT2D eigenvalue weighted by atomic mass is 17.1. The maximum atomic E-state index is 10.5. The number of aldehydes is 1. The van der Waals surface area contributed by atoms with E-state index in [4.69, 9.17) is 14.7 Å². The third-order valence-electron chi connectivity index (χ3n) is 2.22. The molecule has 0 aliphatic heterocycles. The van der Waals surface area contributed by atoms with Gasteiger partial charge in [0.1, 0.15) is 6.29 Å². The number of hydrogen-bond acceptors (Lipinski definition) is 5. The average molecular weight is 226 g/mol. The van der Waals surface area contributed by atoms with Crippen LogP contribution in [0.5, 0.6) is 11.5 Å². The van der Waals surface area contributed by atoms with Crippen LogP contribution in [0.1, 0.15) is 11.1 Å². The van der Waals surface area contributed by atoms with Gasteiger partial charge in [0, 0.05) is 19.1 Å². The van der Waals surface area contributed by atoms with E-state index in [1.54, 1.807) is 12.1 Å². The van der Waals surface area contributed by atoms with Crippen LogP contribution in [0.15, 0.2) is 12.1 Å². The maximum absolute atomic E-state index is 10.5. The van der Waals surface area contributed by atoms with Gasteiger partial charge in [-0.3, -0.25) is 0 Å². The standard InChI is InChI=1S/C11H14O5/c1-14-7-9-8(5-6-12)3-4-10(15-2)11(9)16-13/h3-4,6,13H,5,7H2,1-2H3. The SMILES string of the molecule is COCc1c(CC=O)ccc(OC)c1OO. The Labute approximate surface area is 93.5 Å². The Balaban J connectivity index is 3.25. The van der Waals surface area contributed by atoms with Crippen molar-refractivity contribution < 1.29 is 24.4 Å². The molecule has 88 valence electrons. The van der Waals surface area contributed by atoms with Crippen molar-refractivity contribution in [1.29, 1.82) is 0 Å². The van der Waals surface area contributed by atoms with E-state index in [0.717, 1.165) is 11.8 Å². The van der Waals surface area contributed by atoms with Crippen molar-refractivity contribution in [1.82, 2.24) is 0 Å². The van der Waals surface area contributed by atoms with Gasteiger partial charge in [-0.2, -0.15) is 0 Å². The molecule has 5 nitrogen and oxygen atoms in total. The summed E-state index contributed by atoms with van der Waals surface area (Å²) in [5.41, 5.74) is 1.35. The predicted octanol–water partition coefficient (Wildman–Crippen LogP) is 1.43. The van der Waals surface area contributed by atoms with Crippen LogP contribution in [0.3, 0.4) is 0 Å². The maximum Gasteiger partial charge on any atom is 0.212 e. The predicted molar refractivity (Wildman–Crippen MR) is 56.7 cm³/mol. The number of carbonyl (C=O) groups excluding carboxylic acids is 1. The molecule has 0 saturated carbocycles. The van der Waals surface area contributed by atoms with Crippen LogP contribution in [0.25, 0.3) is 0 Å². The first-order valence-corrected chi connectivity index (χ1v) is 4.71. The summed E-state index contributed by atoms with van der Waals surface area (Å²) in [5, 5.41) is 8.83. The van der Waals surface area contributed by atoms with Gasteiger partial charge in [-0.05, 0) is 11.6 Å². The van der Waals surface area contributed by atoms with Crippen LogP contribution < -0.4 is 9.62 Å². The molecule has 0 atom stereocenters. The lowest BCUT2D eigenvalue weighted by Crippen LogP contribution is -2.03. The molecule has 0 aliphatic carbocycles. The molecule has 1 rings (SSSR count). The molecule has 0 spiro atoms. The zero-order chi connectivity index (χ0) is 12.0. The Morgan fingerprint density at radius 2 is 2.12 bits per heavy atom. The van der Waals surface area contributed by atoms with E-state index < -0.39 is 0 Å². The molecule has 0 aromatic heterocycles. The van der Waals surface area contributed by atoms with Crippen molar-refractivity contribution in [3.8, 4) is 11.5 Å². The minimum absolute atomic E-state index is 0.184. The first-order valence-electron chi connectivity index (χ1n) is 4.71. The van der Waals surface area contributed by atoms with Crippen LogP contribution in [-0.2, 0) is 22.6 Å². The molecule has 0 heterocycles. The third-order valence-corrected chi connectivity index (χ3v) is 2.22. The van der Waals surface area contributed by atoms with Gasteiger partial charge in [0.25, 0.3) is 0 Å². The molecule has 1 aromatic carbocycles. The molecule has 0 amide bonds. The summed E-state index contributed by atoms with van der Waals surface area (Å²) in [6.45, 7) is 0.232. The van der Waals surface area contributed by atoms with Crippen LogP contribution >= 0.6 is 0 Å². The van der Waals surface area contributed by atoms with Gasteiger partial charge >= 0.3 is 0 Å². The summed E-state index contributed by atoms with van der Waals surface area (Å²) >= 11 is 0. The molecule has 0 unspecified atom stereocenters. The number of rotatable bonds is 6. The molecule has 0 aliphatic rings. The Morgan fingerprint density at radius 3 is 2.62 bits per heavy atom. The second-order valence-corrected chi connectivity index (χ2v) is 3.13. The topological polar surface area (TPSA) is 65.0 Å². The molecular weight excluding hydrogens is 212 g/mol. The Kier molecular flexibility index (Phi) is 4.75. The van der Waals surface area contributed by atoms with Crippen molar-refractivity contribution in [2.45, 2.75) is 13.0 Å². The molecule has 0 bridgehead atoms. The summed E-state index contributed by atoms with van der Waals surface area (Å²) in [7, 11) is 2.99. The molecule has 16 heavy (non-hydrogen) atoms. The van der Waals surface area contributed by atoms with Crippen LogP contribution in [0, 0.1) is 0 Å². The lowest BCUT2D eigenvalue weighted by Gasteiger charge is -2.13. The summed E-state index contributed by atoms with van der Waals surface area (Å²) in [5.74, 6) is 0.577. The van der Waals surface area contributed by atoms with Crippen molar-refractivity contribution in [2.24, 2.45) is 0 Å². The minimum atomic E-state index is 0.184. The van der Waals surface area contributed by atoms with E-state index in [9.17, 15) is 4.79 Å². The van der Waals surface area contributed by atoms with E-state index in [2.05, 4.69) is 4.89 Å². The van der Waals surface area contributed by atoms with Crippen molar-refractivity contribution in [2.75, 3.05) is 14.2 Å². The normalized spacial score (nSPS) is 9.94. The van der Waals surface area contributed by atoms with Gasteiger partial charge in [0.15, 0.2) is 5.75 Å². The Hall–Kier alpha value is -1.59. The molecule has 1 aromatic rings. The minimum Gasteiger partial charge on any atom is -0.493 e. The number of hydrogen-bond donors (Lipinski definition) is 1. The molecular formula is C11H14O5. The highest BCUT2D eigenvalue weighted by molar-refractivity contribution is 5.60. The molecule has 5 heteroatoms. The molecule has 0 saturated heterocycles. The highest BCUT2D eigenvalue weighted by Crippen LogP contribution is 2.33. The van der Waals surface area contributed by atoms with E-state index in [0.29, 0.717) is 11.3 Å². The van der Waals surface area contributed by atoms with Gasteiger partial charge < -0.3 is 19.2 Å². The smallest absolute Gasteiger partial charge is 0.212 e. The van der Waals surface area contributed by atoms with Crippen molar-refractivity contribution in [3.05, 3.63) is 23.3 Å². The van der Waals surface area contributed by atoms with Crippen LogP contribution in [0.2, 0.25) is 0 Å². The van der Waals surface area contributed by atoms with Gasteiger partial charge in [-0.15, -0.1) is 0 Å². The fraction of sp³-hybridized carbons (Fsp3) is 0.364. The largest absolute Gasteiger partial charge is 0.493 e. The number of ether oxygens (including phenoxy) is 2. The summed E-state index contributed by atoms with van der Waals surface area (Å²) in [4.78, 5) is 14.8. The fourth-order valence-electron chi connectivity index (χ4n) is 1.49. The zero-order valence-electron chi connectivity index (χ0n) is 9.23. The van der Waals surface area contributed by atoms with E-state index in [-0.39, 0.29) is 18.8 Å². The van der Waals surface area contributed by atoms with Gasteiger partial charge in [-0.1, -0.05) is 6.07 Å². The van der Waals surface area contributed by atoms with E-state index >= 15 is 0 Å². The first kappa shape index (κ1) is 12.5. The van der Waals surface area contributed by atoms with Crippen molar-refractivity contribution >= 4 is 6.29 Å². The summed E-state index contributed by atoms with van der Waals surface area (Å²) < 4.78 is 10.0. The Bertz CT molecular complexity index is 362. The number of carbonyl (C=O) groups is 1. The highest BCUT2D eigenvalue weighted by Gasteiger charge is 2.15. The number of benzene rings is 1. The second-order valence-electron chi connectivity index (χ2n) is 3.13. The van der Waals surface area contributed by atoms with Gasteiger partial charge in [0.05, 0.1) is 13.7 Å². The summed E-state index contributed by atoms with van der Waals surface area (Å²) in [6.07, 6.45) is 1.02. The number of methoxy groups -OCH3 is 2. The Morgan fingerprint density at radius 1 is 1.38 bits per heavy atom. The summed E-state index contributed by atoms with van der Waals surface area (Å²) in [6, 6.07) is 3.37. The van der Waals surface area contributed by atoms with E-state index in [1.165, 1.54) is 14.2 Å². The second kappa shape index (κ2) is 6.09. The lowest BCUT2D eigenvalue weighted by molar-refractivity contribution is -0.140. The quantitative estimate of drug-likeness (QED) is 0.451. The lowest BCUT2D eigenvalue weighted by atomic mass is 10.0.